The average Bonchev–Trinajstić information content (AvgIpc) is 2.31. The molecule has 2 aromatic carbocycles. The Labute approximate surface area is 94.1 Å². The van der Waals surface area contributed by atoms with E-state index in [1.807, 2.05) is 49.4 Å². The highest BCUT2D eigenvalue weighted by Crippen LogP contribution is 2.24. The Balaban J connectivity index is 2.23. The van der Waals surface area contributed by atoms with Crippen molar-refractivity contribution in [1.82, 2.24) is 0 Å². The highest BCUT2D eigenvalue weighted by molar-refractivity contribution is 5.63. The summed E-state index contributed by atoms with van der Waals surface area (Å²) in [5.41, 5.74) is 3.33. The van der Waals surface area contributed by atoms with Gasteiger partial charge in [-0.3, -0.25) is 0 Å². The number of para-hydroxylation sites is 1. The van der Waals surface area contributed by atoms with E-state index in [4.69, 9.17) is 0 Å². The first-order valence-electron chi connectivity index (χ1n) is 5.05. The second kappa shape index (κ2) is 4.57. The third-order valence-electron chi connectivity index (χ3n) is 2.36. The minimum atomic E-state index is 0.485. The molecule has 80 valence electrons. The molecule has 0 saturated carbocycles. The number of anilines is 2. The molecule has 0 radical (unpaired) electrons. The fourth-order valence-corrected chi connectivity index (χ4v) is 1.52. The molecule has 3 nitrogen and oxygen atoms in total. The molecule has 0 unspecified atom stereocenters. The molecule has 2 rings (SSSR count). The summed E-state index contributed by atoms with van der Waals surface area (Å²) < 4.78 is 0. The zero-order valence-electron chi connectivity index (χ0n) is 8.97. The Morgan fingerprint density at radius 2 is 1.75 bits per heavy atom. The van der Waals surface area contributed by atoms with Gasteiger partial charge in [-0.1, -0.05) is 18.2 Å². The highest BCUT2D eigenvalue weighted by atomic mass is 16.3. The zero-order chi connectivity index (χ0) is 11.4. The average molecular weight is 212 g/mol. The fraction of sp³-hybridized carbons (Fsp3) is 0.0769. The Bertz CT molecular complexity index is 495. The van der Waals surface area contributed by atoms with Crippen molar-refractivity contribution >= 4 is 17.1 Å². The molecule has 0 bridgehead atoms. The van der Waals surface area contributed by atoms with E-state index in [1.54, 1.807) is 6.07 Å². The van der Waals surface area contributed by atoms with Gasteiger partial charge >= 0.3 is 0 Å². The molecule has 0 aliphatic carbocycles. The van der Waals surface area contributed by atoms with Crippen LogP contribution in [0, 0.1) is 11.8 Å². The van der Waals surface area contributed by atoms with Crippen molar-refractivity contribution in [3.8, 4) is 0 Å². The van der Waals surface area contributed by atoms with Gasteiger partial charge < -0.3 is 5.32 Å². The van der Waals surface area contributed by atoms with E-state index in [2.05, 4.69) is 10.5 Å². The maximum atomic E-state index is 10.4. The molecule has 0 amide bonds. The largest absolute Gasteiger partial charge is 0.356 e. The summed E-state index contributed by atoms with van der Waals surface area (Å²) >= 11 is 0. The van der Waals surface area contributed by atoms with E-state index in [1.165, 1.54) is 0 Å². The van der Waals surface area contributed by atoms with Crippen molar-refractivity contribution in [2.45, 2.75) is 6.92 Å². The molecule has 3 heteroatoms. The molecule has 0 spiro atoms. The summed E-state index contributed by atoms with van der Waals surface area (Å²) in [4.78, 5) is 10.4. The molecular weight excluding hydrogens is 200 g/mol. The number of nitrogens with zero attached hydrogens (tertiary/aromatic N) is 1. The molecule has 2 aromatic rings. The summed E-state index contributed by atoms with van der Waals surface area (Å²) in [6, 6.07) is 15.3. The normalized spacial score (nSPS) is 9.81. The number of hydrogen-bond donors (Lipinski definition) is 1. The van der Waals surface area contributed by atoms with Crippen LogP contribution >= 0.6 is 0 Å². The number of nitrogens with one attached hydrogen (secondary N) is 1. The van der Waals surface area contributed by atoms with Gasteiger partial charge in [-0.05, 0) is 48.0 Å². The van der Waals surface area contributed by atoms with E-state index in [0.29, 0.717) is 5.69 Å². The molecule has 16 heavy (non-hydrogen) atoms. The van der Waals surface area contributed by atoms with Crippen LogP contribution in [0.15, 0.2) is 53.7 Å². The molecule has 0 aliphatic rings. The van der Waals surface area contributed by atoms with Crippen molar-refractivity contribution in [2.75, 3.05) is 5.32 Å². The quantitative estimate of drug-likeness (QED) is 0.777. The number of hydrogen-bond acceptors (Lipinski definition) is 3. The maximum absolute atomic E-state index is 10.4. The van der Waals surface area contributed by atoms with Crippen LogP contribution in [0.5, 0.6) is 0 Å². The van der Waals surface area contributed by atoms with Crippen molar-refractivity contribution in [3.05, 3.63) is 59.0 Å². The van der Waals surface area contributed by atoms with Crippen LogP contribution in [0.3, 0.4) is 0 Å². The molecule has 0 heterocycles. The first-order chi connectivity index (χ1) is 7.79. The number of nitroso groups, excluding NO2 is 1. The van der Waals surface area contributed by atoms with Crippen molar-refractivity contribution in [1.29, 1.82) is 0 Å². The Hall–Kier alpha value is -2.16. The first-order valence-corrected chi connectivity index (χ1v) is 5.05. The van der Waals surface area contributed by atoms with Crippen molar-refractivity contribution < 1.29 is 0 Å². The van der Waals surface area contributed by atoms with E-state index >= 15 is 0 Å². The molecule has 0 atom stereocenters. The summed E-state index contributed by atoms with van der Waals surface area (Å²) in [7, 11) is 0. The van der Waals surface area contributed by atoms with Gasteiger partial charge in [0.05, 0.1) is 0 Å². The van der Waals surface area contributed by atoms with Crippen LogP contribution in [0.1, 0.15) is 5.56 Å². The molecular formula is C13H12N2O. The van der Waals surface area contributed by atoms with Gasteiger partial charge in [-0.25, -0.2) is 0 Å². The predicted octanol–water partition coefficient (Wildman–Crippen LogP) is 4.14. The minimum Gasteiger partial charge on any atom is -0.356 e. The summed E-state index contributed by atoms with van der Waals surface area (Å²) in [6.07, 6.45) is 0. The fourth-order valence-electron chi connectivity index (χ4n) is 1.52. The van der Waals surface area contributed by atoms with Gasteiger partial charge in [0, 0.05) is 11.4 Å². The minimum absolute atomic E-state index is 0.485. The summed E-state index contributed by atoms with van der Waals surface area (Å²) in [6.45, 7) is 1.87. The zero-order valence-corrected chi connectivity index (χ0v) is 8.97. The van der Waals surface area contributed by atoms with Crippen molar-refractivity contribution in [3.63, 3.8) is 0 Å². The molecule has 1 N–H and O–H groups in total. The molecule has 0 fully saturated rings. The van der Waals surface area contributed by atoms with E-state index in [9.17, 15) is 4.91 Å². The smallest absolute Gasteiger partial charge is 0.111 e. The van der Waals surface area contributed by atoms with Crippen LogP contribution in [0.2, 0.25) is 0 Å². The second-order valence-electron chi connectivity index (χ2n) is 3.58. The number of benzene rings is 2. The lowest BCUT2D eigenvalue weighted by atomic mass is 10.2. The Morgan fingerprint density at radius 1 is 1.00 bits per heavy atom. The van der Waals surface area contributed by atoms with Crippen LogP contribution in [-0.2, 0) is 0 Å². The second-order valence-corrected chi connectivity index (χ2v) is 3.58. The Morgan fingerprint density at radius 3 is 2.38 bits per heavy atom. The van der Waals surface area contributed by atoms with E-state index in [0.717, 1.165) is 16.9 Å². The lowest BCUT2D eigenvalue weighted by Crippen LogP contribution is -1.89. The topological polar surface area (TPSA) is 41.5 Å². The van der Waals surface area contributed by atoms with Gasteiger partial charge in [0.2, 0.25) is 0 Å². The van der Waals surface area contributed by atoms with E-state index < -0.39 is 0 Å². The van der Waals surface area contributed by atoms with E-state index in [-0.39, 0.29) is 0 Å². The third-order valence-corrected chi connectivity index (χ3v) is 2.36. The lowest BCUT2D eigenvalue weighted by Gasteiger charge is -2.07. The van der Waals surface area contributed by atoms with Crippen LogP contribution < -0.4 is 5.32 Å². The van der Waals surface area contributed by atoms with Gasteiger partial charge in [0.25, 0.3) is 0 Å². The summed E-state index contributed by atoms with van der Waals surface area (Å²) in [5, 5.41) is 6.19. The SMILES string of the molecule is Cc1cc(Nc2ccccc2)ccc1N=O. The van der Waals surface area contributed by atoms with Gasteiger partial charge in [0.1, 0.15) is 5.69 Å². The lowest BCUT2D eigenvalue weighted by molar-refractivity contribution is 1.38. The monoisotopic (exact) mass is 212 g/mol. The maximum Gasteiger partial charge on any atom is 0.111 e. The first kappa shape index (κ1) is 10.4. The molecule has 0 saturated heterocycles. The van der Waals surface area contributed by atoms with Crippen molar-refractivity contribution in [2.24, 2.45) is 5.18 Å². The Kier molecular flexibility index (Phi) is 2.96. The number of rotatable bonds is 3. The van der Waals surface area contributed by atoms with Crippen LogP contribution in [-0.4, -0.2) is 0 Å². The molecule has 0 aromatic heterocycles. The number of aryl methyl sites for hydroxylation is 1. The van der Waals surface area contributed by atoms with Crippen LogP contribution in [0.4, 0.5) is 17.1 Å². The molecule has 0 aliphatic heterocycles. The van der Waals surface area contributed by atoms with Gasteiger partial charge in [-0.15, -0.1) is 4.91 Å². The highest BCUT2D eigenvalue weighted by Gasteiger charge is 1.99. The standard InChI is InChI=1S/C13H12N2O/c1-10-9-12(7-8-13(10)15-16)14-11-5-3-2-4-6-11/h2-9,14H,1H3. The predicted molar refractivity (Wildman–Crippen MR) is 66.4 cm³/mol. The summed E-state index contributed by atoms with van der Waals surface area (Å²) in [5.74, 6) is 0. The van der Waals surface area contributed by atoms with Gasteiger partial charge in [0.15, 0.2) is 0 Å². The van der Waals surface area contributed by atoms with Crippen LogP contribution in [0.25, 0.3) is 0 Å². The third kappa shape index (κ3) is 2.25. The van der Waals surface area contributed by atoms with Gasteiger partial charge in [-0.2, -0.15) is 0 Å².